The Hall–Kier alpha value is -1.55. The normalized spacial score (nSPS) is 32.2. The van der Waals surface area contributed by atoms with Crippen LogP contribution in [-0.2, 0) is 10.2 Å². The van der Waals surface area contributed by atoms with Gasteiger partial charge in [0.15, 0.2) is 0 Å². The van der Waals surface area contributed by atoms with Crippen LogP contribution in [0.4, 0.5) is 0 Å². The van der Waals surface area contributed by atoms with E-state index in [4.69, 9.17) is 4.74 Å². The fourth-order valence-electron chi connectivity index (χ4n) is 4.03. The molecule has 1 aromatic rings. The minimum Gasteiger partial charge on any atom is -0.497 e. The highest BCUT2D eigenvalue weighted by atomic mass is 16.5. The molecule has 0 unspecified atom stereocenters. The highest BCUT2D eigenvalue weighted by Gasteiger charge is 2.67. The molecule has 0 aliphatic heterocycles. The quantitative estimate of drug-likeness (QED) is 0.898. The van der Waals surface area contributed by atoms with E-state index in [9.17, 15) is 9.90 Å². The average molecular weight is 317 g/mol. The number of rotatable bonds is 4. The lowest BCUT2D eigenvalue weighted by Crippen LogP contribution is -2.45. The van der Waals surface area contributed by atoms with Crippen LogP contribution in [0.1, 0.15) is 51.5 Å². The van der Waals surface area contributed by atoms with Crippen LogP contribution in [0.15, 0.2) is 24.3 Å². The van der Waals surface area contributed by atoms with Crippen molar-refractivity contribution in [1.82, 2.24) is 5.32 Å². The van der Waals surface area contributed by atoms with Crippen LogP contribution in [0.3, 0.4) is 0 Å². The predicted octanol–water partition coefficient (Wildman–Crippen LogP) is 2.78. The summed E-state index contributed by atoms with van der Waals surface area (Å²) >= 11 is 0. The first-order valence-electron chi connectivity index (χ1n) is 8.52. The second-order valence-corrected chi connectivity index (χ2v) is 7.67. The number of ether oxygens (including phenoxy) is 1. The Morgan fingerprint density at radius 3 is 2.22 bits per heavy atom. The lowest BCUT2D eigenvalue weighted by molar-refractivity contribution is -0.125. The molecule has 4 heteroatoms. The standard InChI is InChI=1S/C19H27NO3/c1-18(2)12-19(18,13-4-10-16(23-3)11-5-13)17(22)20-14-6-8-15(21)9-7-14/h4-5,10-11,14-15,21H,6-9,12H2,1-3H3,(H,20,22)/t14?,15?,19-/m0/s1. The summed E-state index contributed by atoms with van der Waals surface area (Å²) in [6.45, 7) is 4.31. The molecule has 2 saturated carbocycles. The molecule has 1 aromatic carbocycles. The summed E-state index contributed by atoms with van der Waals surface area (Å²) in [6, 6.07) is 8.07. The SMILES string of the molecule is COc1ccc([C@]2(C(=O)NC3CCC(O)CC3)CC2(C)C)cc1. The largest absolute Gasteiger partial charge is 0.497 e. The fraction of sp³-hybridized carbons (Fsp3) is 0.632. The zero-order valence-corrected chi connectivity index (χ0v) is 14.3. The van der Waals surface area contributed by atoms with Gasteiger partial charge >= 0.3 is 0 Å². The fourth-order valence-corrected chi connectivity index (χ4v) is 4.03. The van der Waals surface area contributed by atoms with Crippen LogP contribution < -0.4 is 10.1 Å². The Bertz CT molecular complexity index is 573. The Kier molecular flexibility index (Phi) is 4.13. The number of carbonyl (C=O) groups is 1. The van der Waals surface area contributed by atoms with Gasteiger partial charge in [0.2, 0.25) is 5.91 Å². The zero-order valence-electron chi connectivity index (χ0n) is 14.3. The number of benzene rings is 1. The molecule has 0 aromatic heterocycles. The molecule has 1 amide bonds. The first kappa shape index (κ1) is 16.3. The first-order chi connectivity index (χ1) is 10.9. The molecule has 2 aliphatic rings. The number of hydrogen-bond donors (Lipinski definition) is 2. The summed E-state index contributed by atoms with van der Waals surface area (Å²) < 4.78 is 5.22. The van der Waals surface area contributed by atoms with Crippen LogP contribution in [0, 0.1) is 5.41 Å². The number of amides is 1. The number of methoxy groups -OCH3 is 1. The number of nitrogens with one attached hydrogen (secondary N) is 1. The molecule has 23 heavy (non-hydrogen) atoms. The maximum atomic E-state index is 13.0. The highest BCUT2D eigenvalue weighted by molar-refractivity contribution is 5.93. The van der Waals surface area contributed by atoms with E-state index in [-0.39, 0.29) is 23.5 Å². The average Bonchev–Trinajstić information content (AvgIpc) is 3.14. The smallest absolute Gasteiger partial charge is 0.231 e. The summed E-state index contributed by atoms with van der Waals surface area (Å²) in [4.78, 5) is 13.0. The third-order valence-corrected chi connectivity index (χ3v) is 5.74. The van der Waals surface area contributed by atoms with Gasteiger partial charge in [-0.1, -0.05) is 26.0 Å². The zero-order chi connectivity index (χ0) is 16.7. The van der Waals surface area contributed by atoms with Gasteiger partial charge in [0.25, 0.3) is 0 Å². The van der Waals surface area contributed by atoms with Gasteiger partial charge in [-0.15, -0.1) is 0 Å². The first-order valence-corrected chi connectivity index (χ1v) is 8.52. The van der Waals surface area contributed by atoms with Crippen molar-refractivity contribution >= 4 is 5.91 Å². The van der Waals surface area contributed by atoms with Gasteiger partial charge in [0.05, 0.1) is 18.6 Å². The second-order valence-electron chi connectivity index (χ2n) is 7.67. The van der Waals surface area contributed by atoms with Gasteiger partial charge in [0, 0.05) is 6.04 Å². The van der Waals surface area contributed by atoms with E-state index in [1.165, 1.54) is 0 Å². The van der Waals surface area contributed by atoms with Crippen LogP contribution >= 0.6 is 0 Å². The topological polar surface area (TPSA) is 58.6 Å². The Labute approximate surface area is 138 Å². The summed E-state index contributed by atoms with van der Waals surface area (Å²) in [5.74, 6) is 0.943. The summed E-state index contributed by atoms with van der Waals surface area (Å²) in [5, 5.41) is 12.9. The highest BCUT2D eigenvalue weighted by Crippen LogP contribution is 2.64. The molecule has 0 heterocycles. The van der Waals surface area contributed by atoms with Gasteiger partial charge in [-0.25, -0.2) is 0 Å². The molecular formula is C19H27NO3. The van der Waals surface area contributed by atoms with Crippen molar-refractivity contribution in [3.8, 4) is 5.75 Å². The molecular weight excluding hydrogens is 290 g/mol. The molecule has 2 aliphatic carbocycles. The Balaban J connectivity index is 1.77. The molecule has 2 fully saturated rings. The molecule has 1 atom stereocenters. The van der Waals surface area contributed by atoms with Gasteiger partial charge in [0.1, 0.15) is 5.75 Å². The minimum atomic E-state index is -0.435. The Morgan fingerprint density at radius 1 is 1.17 bits per heavy atom. The van der Waals surface area contributed by atoms with Gasteiger partial charge in [-0.05, 0) is 55.2 Å². The van der Waals surface area contributed by atoms with Crippen LogP contribution in [0.2, 0.25) is 0 Å². The van der Waals surface area contributed by atoms with Crippen molar-refractivity contribution in [2.24, 2.45) is 5.41 Å². The third-order valence-electron chi connectivity index (χ3n) is 5.74. The number of carbonyl (C=O) groups excluding carboxylic acids is 1. The summed E-state index contributed by atoms with van der Waals surface area (Å²) in [6.07, 6.45) is 3.97. The molecule has 4 nitrogen and oxygen atoms in total. The van der Waals surface area contributed by atoms with Crippen LogP contribution in [0.5, 0.6) is 5.75 Å². The van der Waals surface area contributed by atoms with E-state index >= 15 is 0 Å². The van der Waals surface area contributed by atoms with Crippen molar-refractivity contribution in [2.75, 3.05) is 7.11 Å². The van der Waals surface area contributed by atoms with E-state index in [0.717, 1.165) is 43.4 Å². The van der Waals surface area contributed by atoms with Crippen LogP contribution in [0.25, 0.3) is 0 Å². The van der Waals surface area contributed by atoms with Crippen LogP contribution in [-0.4, -0.2) is 30.3 Å². The molecule has 0 bridgehead atoms. The predicted molar refractivity (Wildman–Crippen MR) is 89.5 cm³/mol. The number of aliphatic hydroxyl groups is 1. The van der Waals surface area contributed by atoms with E-state index in [1.54, 1.807) is 7.11 Å². The molecule has 0 radical (unpaired) electrons. The summed E-state index contributed by atoms with van der Waals surface area (Å²) in [5.41, 5.74) is 0.603. The monoisotopic (exact) mass is 317 g/mol. The molecule has 126 valence electrons. The van der Waals surface area contributed by atoms with Crippen molar-refractivity contribution in [1.29, 1.82) is 0 Å². The Morgan fingerprint density at radius 2 is 1.74 bits per heavy atom. The lowest BCUT2D eigenvalue weighted by Gasteiger charge is -2.29. The lowest BCUT2D eigenvalue weighted by atomic mass is 9.85. The van der Waals surface area contributed by atoms with Crippen molar-refractivity contribution in [3.63, 3.8) is 0 Å². The van der Waals surface area contributed by atoms with E-state index < -0.39 is 5.41 Å². The van der Waals surface area contributed by atoms with E-state index in [2.05, 4.69) is 19.2 Å². The van der Waals surface area contributed by atoms with Crippen molar-refractivity contribution in [3.05, 3.63) is 29.8 Å². The van der Waals surface area contributed by atoms with Crippen molar-refractivity contribution in [2.45, 2.75) is 63.5 Å². The second kappa shape index (κ2) is 5.82. The maximum absolute atomic E-state index is 13.0. The van der Waals surface area contributed by atoms with Gasteiger partial charge in [-0.3, -0.25) is 4.79 Å². The molecule has 2 N–H and O–H groups in total. The number of aliphatic hydroxyl groups excluding tert-OH is 1. The van der Waals surface area contributed by atoms with E-state index in [0.29, 0.717) is 0 Å². The van der Waals surface area contributed by atoms with E-state index in [1.807, 2.05) is 24.3 Å². The minimum absolute atomic E-state index is 0.0279. The third kappa shape index (κ3) is 2.85. The van der Waals surface area contributed by atoms with Gasteiger partial charge in [-0.2, -0.15) is 0 Å². The molecule has 0 saturated heterocycles. The molecule has 3 rings (SSSR count). The molecule has 0 spiro atoms. The van der Waals surface area contributed by atoms with Crippen molar-refractivity contribution < 1.29 is 14.6 Å². The summed E-state index contributed by atoms with van der Waals surface area (Å²) in [7, 11) is 1.65. The van der Waals surface area contributed by atoms with Gasteiger partial charge < -0.3 is 15.2 Å². The number of hydrogen-bond acceptors (Lipinski definition) is 3. The maximum Gasteiger partial charge on any atom is 0.231 e.